The van der Waals surface area contributed by atoms with Crippen LogP contribution in [-0.2, 0) is 0 Å². The Morgan fingerprint density at radius 3 is 2.34 bits per heavy atom. The van der Waals surface area contributed by atoms with Crippen LogP contribution in [0.2, 0.25) is 0 Å². The van der Waals surface area contributed by atoms with Crippen LogP contribution in [0, 0.1) is 0 Å². The van der Waals surface area contributed by atoms with Gasteiger partial charge in [0, 0.05) is 56.8 Å². The summed E-state index contributed by atoms with van der Waals surface area (Å²) in [6.07, 6.45) is 5.59. The second-order valence-corrected chi connectivity index (χ2v) is 7.37. The molecule has 0 aliphatic heterocycles. The van der Waals surface area contributed by atoms with E-state index in [9.17, 15) is 4.79 Å². The molecule has 0 fully saturated rings. The van der Waals surface area contributed by atoms with Gasteiger partial charge in [-0.25, -0.2) is 4.98 Å². The summed E-state index contributed by atoms with van der Waals surface area (Å²) in [5.74, 6) is -0.0303. The van der Waals surface area contributed by atoms with Crippen LogP contribution < -0.4 is 4.90 Å². The zero-order valence-corrected chi connectivity index (χ0v) is 17.0. The Morgan fingerprint density at radius 1 is 0.897 bits per heavy atom. The maximum absolute atomic E-state index is 12.3. The Hall–Kier alpha value is -3.67. The van der Waals surface area contributed by atoms with Gasteiger partial charge in [-0.3, -0.25) is 14.2 Å². The van der Waals surface area contributed by atoms with Gasteiger partial charge in [0.15, 0.2) is 5.65 Å². The third kappa shape index (κ3) is 3.57. The lowest BCUT2D eigenvalue weighted by atomic mass is 10.1. The summed E-state index contributed by atoms with van der Waals surface area (Å²) in [5.41, 5.74) is 6.32. The lowest BCUT2D eigenvalue weighted by Gasteiger charge is -2.13. The van der Waals surface area contributed by atoms with Crippen LogP contribution in [0.25, 0.3) is 28.2 Å². The number of carbonyl (C=O) groups is 1. The molecule has 0 bridgehead atoms. The molecule has 0 spiro atoms. The molecule has 2 aromatic carbocycles. The summed E-state index contributed by atoms with van der Waals surface area (Å²) in [6, 6.07) is 15.9. The Balaban J connectivity index is 1.76. The summed E-state index contributed by atoms with van der Waals surface area (Å²) < 4.78 is 2.04. The number of carbonyl (C=O) groups excluding carboxylic acids is 1. The van der Waals surface area contributed by atoms with Gasteiger partial charge in [0.05, 0.1) is 23.8 Å². The first-order valence-electron chi connectivity index (χ1n) is 9.37. The quantitative estimate of drug-likeness (QED) is 0.536. The van der Waals surface area contributed by atoms with Crippen molar-refractivity contribution in [1.82, 2.24) is 19.3 Å². The summed E-state index contributed by atoms with van der Waals surface area (Å²) >= 11 is 0. The molecule has 0 aliphatic carbocycles. The number of aromatic nitrogens is 3. The minimum Gasteiger partial charge on any atom is -0.378 e. The molecule has 1 amide bonds. The predicted octanol–water partition coefficient (Wildman–Crippen LogP) is 3.83. The molecule has 146 valence electrons. The second kappa shape index (κ2) is 7.39. The van der Waals surface area contributed by atoms with Crippen molar-refractivity contribution >= 4 is 17.2 Å². The lowest BCUT2D eigenvalue weighted by Crippen LogP contribution is -2.21. The summed E-state index contributed by atoms with van der Waals surface area (Å²) in [7, 11) is 7.55. The molecule has 4 rings (SSSR count). The van der Waals surface area contributed by atoms with Crippen LogP contribution >= 0.6 is 0 Å². The highest BCUT2D eigenvalue weighted by Gasteiger charge is 2.12. The maximum atomic E-state index is 12.3. The van der Waals surface area contributed by atoms with E-state index in [-0.39, 0.29) is 5.91 Å². The number of rotatable bonds is 4. The van der Waals surface area contributed by atoms with Gasteiger partial charge in [0.2, 0.25) is 0 Å². The second-order valence-electron chi connectivity index (χ2n) is 7.37. The Kier molecular flexibility index (Phi) is 4.76. The van der Waals surface area contributed by atoms with Gasteiger partial charge < -0.3 is 9.80 Å². The molecule has 0 radical (unpaired) electrons. The van der Waals surface area contributed by atoms with E-state index in [0.717, 1.165) is 33.8 Å². The molecule has 0 N–H and O–H groups in total. The van der Waals surface area contributed by atoms with Crippen molar-refractivity contribution in [2.75, 3.05) is 33.1 Å². The van der Waals surface area contributed by atoms with Crippen LogP contribution in [0.4, 0.5) is 5.69 Å². The molecule has 0 unspecified atom stereocenters. The molecule has 0 saturated carbocycles. The molecular formula is C23H23N5O. The third-order valence-electron chi connectivity index (χ3n) is 4.89. The number of imidazole rings is 1. The highest BCUT2D eigenvalue weighted by Crippen LogP contribution is 2.26. The van der Waals surface area contributed by atoms with Crippen molar-refractivity contribution in [1.29, 1.82) is 0 Å². The standard InChI is InChI=1S/C23H23N5O/c1-26(2)19-10-8-16(9-11-19)21-13-25-22-14-24-20(15-28(21)22)17-6-5-7-18(12-17)23(29)27(3)4/h5-15H,1-4H3. The molecule has 6 nitrogen and oxygen atoms in total. The monoisotopic (exact) mass is 385 g/mol. The highest BCUT2D eigenvalue weighted by molar-refractivity contribution is 5.95. The highest BCUT2D eigenvalue weighted by atomic mass is 16.2. The van der Waals surface area contributed by atoms with Gasteiger partial charge in [0.1, 0.15) is 0 Å². The summed E-state index contributed by atoms with van der Waals surface area (Å²) in [6.45, 7) is 0. The SMILES string of the molecule is CN(C)C(=O)c1cccc(-c2cn3c(-c4ccc(N(C)C)cc4)cnc3cn2)c1. The number of benzene rings is 2. The lowest BCUT2D eigenvalue weighted by molar-refractivity contribution is 0.0827. The Morgan fingerprint density at radius 2 is 1.66 bits per heavy atom. The Bertz CT molecular complexity index is 1180. The molecule has 2 aromatic heterocycles. The molecule has 0 atom stereocenters. The third-order valence-corrected chi connectivity index (χ3v) is 4.89. The number of anilines is 1. The van der Waals surface area contributed by atoms with E-state index in [4.69, 9.17) is 0 Å². The van der Waals surface area contributed by atoms with Crippen molar-refractivity contribution in [3.05, 3.63) is 72.7 Å². The van der Waals surface area contributed by atoms with E-state index in [2.05, 4.69) is 39.1 Å². The molecule has 0 aliphatic rings. The molecule has 6 heteroatoms. The van der Waals surface area contributed by atoms with Crippen molar-refractivity contribution in [2.45, 2.75) is 0 Å². The Labute approximate surface area is 170 Å². The summed E-state index contributed by atoms with van der Waals surface area (Å²) in [5, 5.41) is 0. The van der Waals surface area contributed by atoms with Gasteiger partial charge in [-0.05, 0) is 24.3 Å². The first kappa shape index (κ1) is 18.7. The molecule has 4 aromatic rings. The average Bonchev–Trinajstić information content (AvgIpc) is 3.16. The van der Waals surface area contributed by atoms with Gasteiger partial charge in [-0.15, -0.1) is 0 Å². The molecule has 0 saturated heterocycles. The summed E-state index contributed by atoms with van der Waals surface area (Å²) in [4.78, 5) is 25.0. The molecule has 2 heterocycles. The number of fused-ring (bicyclic) bond motifs is 1. The molecular weight excluding hydrogens is 362 g/mol. The van der Waals surface area contributed by atoms with Gasteiger partial charge in [-0.2, -0.15) is 0 Å². The van der Waals surface area contributed by atoms with Gasteiger partial charge in [0.25, 0.3) is 5.91 Å². The molecule has 29 heavy (non-hydrogen) atoms. The van der Waals surface area contributed by atoms with Gasteiger partial charge >= 0.3 is 0 Å². The van der Waals surface area contributed by atoms with Crippen LogP contribution in [0.3, 0.4) is 0 Å². The number of hydrogen-bond acceptors (Lipinski definition) is 4. The number of hydrogen-bond donors (Lipinski definition) is 0. The fraction of sp³-hybridized carbons (Fsp3) is 0.174. The number of nitrogens with zero attached hydrogens (tertiary/aromatic N) is 5. The van der Waals surface area contributed by atoms with E-state index in [0.29, 0.717) is 5.56 Å². The topological polar surface area (TPSA) is 53.7 Å². The van der Waals surface area contributed by atoms with Crippen LogP contribution in [0.1, 0.15) is 10.4 Å². The van der Waals surface area contributed by atoms with Gasteiger partial charge in [-0.1, -0.05) is 24.3 Å². The van der Waals surface area contributed by atoms with Crippen molar-refractivity contribution < 1.29 is 4.79 Å². The zero-order chi connectivity index (χ0) is 20.5. The van der Waals surface area contributed by atoms with Crippen LogP contribution in [0.5, 0.6) is 0 Å². The van der Waals surface area contributed by atoms with Crippen LogP contribution in [0.15, 0.2) is 67.1 Å². The van der Waals surface area contributed by atoms with E-state index >= 15 is 0 Å². The minimum absolute atomic E-state index is 0.0303. The fourth-order valence-corrected chi connectivity index (χ4v) is 3.25. The van der Waals surface area contributed by atoms with Crippen molar-refractivity contribution in [3.63, 3.8) is 0 Å². The van der Waals surface area contributed by atoms with Crippen LogP contribution in [-0.4, -0.2) is 53.4 Å². The van der Waals surface area contributed by atoms with Crippen molar-refractivity contribution in [3.8, 4) is 22.5 Å². The zero-order valence-electron chi connectivity index (χ0n) is 17.0. The fourth-order valence-electron chi connectivity index (χ4n) is 3.25. The van der Waals surface area contributed by atoms with E-state index in [1.165, 1.54) is 0 Å². The largest absolute Gasteiger partial charge is 0.378 e. The normalized spacial score (nSPS) is 10.9. The maximum Gasteiger partial charge on any atom is 0.253 e. The van der Waals surface area contributed by atoms with Crippen molar-refractivity contribution in [2.24, 2.45) is 0 Å². The van der Waals surface area contributed by atoms with E-state index in [1.54, 1.807) is 25.2 Å². The average molecular weight is 385 g/mol. The first-order chi connectivity index (χ1) is 13.9. The smallest absolute Gasteiger partial charge is 0.253 e. The minimum atomic E-state index is -0.0303. The van der Waals surface area contributed by atoms with E-state index < -0.39 is 0 Å². The first-order valence-corrected chi connectivity index (χ1v) is 9.37. The predicted molar refractivity (Wildman–Crippen MR) is 116 cm³/mol. The number of amides is 1. The van der Waals surface area contributed by atoms with E-state index in [1.807, 2.05) is 55.2 Å².